The molecule has 5 heteroatoms. The van der Waals surface area contributed by atoms with Gasteiger partial charge in [0.15, 0.2) is 0 Å². The molecule has 1 heterocycles. The number of benzene rings is 1. The summed E-state index contributed by atoms with van der Waals surface area (Å²) in [5, 5.41) is 7.14. The van der Waals surface area contributed by atoms with Crippen LogP contribution < -0.4 is 5.32 Å². The Hall–Kier alpha value is -1.62. The fourth-order valence-corrected chi connectivity index (χ4v) is 1.90. The van der Waals surface area contributed by atoms with E-state index in [4.69, 9.17) is 4.52 Å². The molecule has 0 atom stereocenters. The quantitative estimate of drug-likeness (QED) is 0.885. The summed E-state index contributed by atoms with van der Waals surface area (Å²) in [5.41, 5.74) is 2.46. The van der Waals surface area contributed by atoms with Gasteiger partial charge in [0.05, 0.1) is 5.69 Å². The smallest absolute Gasteiger partial charge is 0.294 e. The highest BCUT2D eigenvalue weighted by atomic mass is 79.9. The van der Waals surface area contributed by atoms with Gasteiger partial charge in [-0.15, -0.1) is 0 Å². The van der Waals surface area contributed by atoms with Crippen molar-refractivity contribution in [3.8, 4) is 0 Å². The first-order chi connectivity index (χ1) is 8.20. The molecule has 0 radical (unpaired) electrons. The summed E-state index contributed by atoms with van der Waals surface area (Å²) < 4.78 is 4.90. The Balaban J connectivity index is 2.18. The Morgan fingerprint density at radius 2 is 2.24 bits per heavy atom. The Morgan fingerprint density at radius 1 is 1.47 bits per heavy atom. The molecule has 0 aliphatic heterocycles. The predicted octanol–water partition coefficient (Wildman–Crippen LogP) is 3.13. The zero-order chi connectivity index (χ0) is 12.3. The molecule has 0 bridgehead atoms. The van der Waals surface area contributed by atoms with Gasteiger partial charge in [-0.05, 0) is 18.6 Å². The Bertz CT molecular complexity index is 537. The van der Waals surface area contributed by atoms with Crippen molar-refractivity contribution in [2.45, 2.75) is 12.3 Å². The molecule has 1 N–H and O–H groups in total. The van der Waals surface area contributed by atoms with E-state index in [-0.39, 0.29) is 11.7 Å². The molecule has 0 spiro atoms. The third-order valence-corrected chi connectivity index (χ3v) is 2.87. The van der Waals surface area contributed by atoms with Gasteiger partial charge >= 0.3 is 0 Å². The maximum atomic E-state index is 11.8. The normalized spacial score (nSPS) is 10.2. The molecule has 1 aromatic carbocycles. The molecule has 0 saturated heterocycles. The number of aromatic nitrogens is 1. The second-order valence-electron chi connectivity index (χ2n) is 3.58. The van der Waals surface area contributed by atoms with E-state index >= 15 is 0 Å². The van der Waals surface area contributed by atoms with Crippen molar-refractivity contribution < 1.29 is 9.32 Å². The van der Waals surface area contributed by atoms with E-state index in [1.165, 1.54) is 0 Å². The number of alkyl halides is 1. The van der Waals surface area contributed by atoms with Gasteiger partial charge in [-0.25, -0.2) is 0 Å². The Kier molecular flexibility index (Phi) is 3.58. The number of para-hydroxylation sites is 1. The van der Waals surface area contributed by atoms with E-state index in [0.717, 1.165) is 11.3 Å². The minimum Gasteiger partial charge on any atom is -0.351 e. The van der Waals surface area contributed by atoms with Gasteiger partial charge in [-0.2, -0.15) is 0 Å². The van der Waals surface area contributed by atoms with E-state index < -0.39 is 0 Å². The van der Waals surface area contributed by atoms with Crippen LogP contribution in [0.25, 0.3) is 0 Å². The van der Waals surface area contributed by atoms with Gasteiger partial charge in [0.1, 0.15) is 0 Å². The summed E-state index contributed by atoms with van der Waals surface area (Å²) in [7, 11) is 0. The highest BCUT2D eigenvalue weighted by molar-refractivity contribution is 9.08. The van der Waals surface area contributed by atoms with Crippen LogP contribution in [0.4, 0.5) is 5.69 Å². The molecular weight excluding hydrogens is 284 g/mol. The predicted molar refractivity (Wildman–Crippen MR) is 68.3 cm³/mol. The number of aryl methyl sites for hydroxylation is 1. The number of hydrogen-bond donors (Lipinski definition) is 1. The van der Waals surface area contributed by atoms with Crippen LogP contribution >= 0.6 is 15.9 Å². The maximum Gasteiger partial charge on any atom is 0.294 e. The van der Waals surface area contributed by atoms with Crippen LogP contribution in [0.3, 0.4) is 0 Å². The lowest BCUT2D eigenvalue weighted by molar-refractivity contribution is 0.0988. The molecule has 1 aromatic heterocycles. The number of rotatable bonds is 3. The summed E-state index contributed by atoms with van der Waals surface area (Å²) in [5.74, 6) is -0.0779. The van der Waals surface area contributed by atoms with Crippen LogP contribution in [-0.2, 0) is 5.33 Å². The molecule has 0 saturated carbocycles. The number of carbonyl (C=O) groups excluding carboxylic acids is 1. The van der Waals surface area contributed by atoms with Crippen molar-refractivity contribution in [1.29, 1.82) is 0 Å². The average Bonchev–Trinajstić information content (AvgIpc) is 2.77. The highest BCUT2D eigenvalue weighted by Gasteiger charge is 2.12. The minimum absolute atomic E-state index is 0.215. The third kappa shape index (κ3) is 2.74. The highest BCUT2D eigenvalue weighted by Crippen LogP contribution is 2.18. The third-order valence-electron chi connectivity index (χ3n) is 2.26. The SMILES string of the molecule is Cc1cc(C(=O)Nc2ccccc2CBr)on1. The van der Waals surface area contributed by atoms with Gasteiger partial charge in [0, 0.05) is 17.1 Å². The summed E-state index contributed by atoms with van der Waals surface area (Å²) in [4.78, 5) is 11.8. The summed E-state index contributed by atoms with van der Waals surface area (Å²) in [6.07, 6.45) is 0. The van der Waals surface area contributed by atoms with Gasteiger partial charge in [-0.1, -0.05) is 39.3 Å². The number of halogens is 1. The molecule has 0 aliphatic carbocycles. The Morgan fingerprint density at radius 3 is 2.88 bits per heavy atom. The monoisotopic (exact) mass is 294 g/mol. The molecule has 17 heavy (non-hydrogen) atoms. The zero-order valence-electron chi connectivity index (χ0n) is 9.24. The molecule has 1 amide bonds. The topological polar surface area (TPSA) is 55.1 Å². The molecule has 88 valence electrons. The molecule has 0 aliphatic rings. The molecule has 2 rings (SSSR count). The van der Waals surface area contributed by atoms with Crippen LogP contribution in [0, 0.1) is 6.92 Å². The lowest BCUT2D eigenvalue weighted by Gasteiger charge is -2.07. The fraction of sp³-hybridized carbons (Fsp3) is 0.167. The first-order valence-corrected chi connectivity index (χ1v) is 6.21. The fourth-order valence-electron chi connectivity index (χ4n) is 1.41. The number of nitrogens with one attached hydrogen (secondary N) is 1. The standard InChI is InChI=1S/C12H11BrN2O2/c1-8-6-11(17-15-8)12(16)14-10-5-3-2-4-9(10)7-13/h2-6H,7H2,1H3,(H,14,16). The summed E-state index contributed by atoms with van der Waals surface area (Å²) >= 11 is 3.37. The first-order valence-electron chi connectivity index (χ1n) is 5.09. The zero-order valence-corrected chi connectivity index (χ0v) is 10.8. The van der Waals surface area contributed by atoms with Crippen LogP contribution in [0.5, 0.6) is 0 Å². The molecule has 4 nitrogen and oxygen atoms in total. The van der Waals surface area contributed by atoms with E-state index in [0.29, 0.717) is 11.0 Å². The number of hydrogen-bond acceptors (Lipinski definition) is 3. The number of nitrogens with zero attached hydrogens (tertiary/aromatic N) is 1. The van der Waals surface area contributed by atoms with Crippen molar-refractivity contribution >= 4 is 27.5 Å². The number of anilines is 1. The largest absolute Gasteiger partial charge is 0.351 e. The first kappa shape index (κ1) is 11.9. The van der Waals surface area contributed by atoms with Crippen LogP contribution in [0.15, 0.2) is 34.9 Å². The van der Waals surface area contributed by atoms with Crippen molar-refractivity contribution in [2.75, 3.05) is 5.32 Å². The van der Waals surface area contributed by atoms with Crippen LogP contribution in [0.1, 0.15) is 21.8 Å². The van der Waals surface area contributed by atoms with Gasteiger partial charge in [0.2, 0.25) is 5.76 Å². The second kappa shape index (κ2) is 5.14. The minimum atomic E-state index is -0.293. The van der Waals surface area contributed by atoms with Gasteiger partial charge in [-0.3, -0.25) is 4.79 Å². The lowest BCUT2D eigenvalue weighted by atomic mass is 10.2. The van der Waals surface area contributed by atoms with E-state index in [9.17, 15) is 4.79 Å². The molecule has 0 unspecified atom stereocenters. The molecule has 2 aromatic rings. The van der Waals surface area contributed by atoms with Crippen molar-refractivity contribution in [1.82, 2.24) is 5.16 Å². The summed E-state index contributed by atoms with van der Waals surface area (Å²) in [6.45, 7) is 1.77. The summed E-state index contributed by atoms with van der Waals surface area (Å²) in [6, 6.07) is 9.18. The maximum absolute atomic E-state index is 11.8. The second-order valence-corrected chi connectivity index (χ2v) is 4.14. The Labute approximate surface area is 107 Å². The van der Waals surface area contributed by atoms with E-state index in [1.807, 2.05) is 24.3 Å². The molecule has 0 fully saturated rings. The number of carbonyl (C=O) groups is 1. The van der Waals surface area contributed by atoms with Gasteiger partial charge < -0.3 is 9.84 Å². The lowest BCUT2D eigenvalue weighted by Crippen LogP contribution is -2.12. The number of amides is 1. The van der Waals surface area contributed by atoms with Gasteiger partial charge in [0.25, 0.3) is 5.91 Å². The van der Waals surface area contributed by atoms with Crippen LogP contribution in [-0.4, -0.2) is 11.1 Å². The van der Waals surface area contributed by atoms with Crippen LogP contribution in [0.2, 0.25) is 0 Å². The average molecular weight is 295 g/mol. The molecular formula is C12H11BrN2O2. The van der Waals surface area contributed by atoms with Crippen molar-refractivity contribution in [3.63, 3.8) is 0 Å². The van der Waals surface area contributed by atoms with Crippen molar-refractivity contribution in [2.24, 2.45) is 0 Å². The van der Waals surface area contributed by atoms with Crippen molar-refractivity contribution in [3.05, 3.63) is 47.3 Å². The van der Waals surface area contributed by atoms with E-state index in [1.54, 1.807) is 13.0 Å². The van der Waals surface area contributed by atoms with E-state index in [2.05, 4.69) is 26.4 Å².